The molecule has 0 unspecified atom stereocenters. The van der Waals surface area contributed by atoms with Crippen molar-refractivity contribution in [2.75, 3.05) is 0 Å². The Morgan fingerprint density at radius 1 is 0.500 bits per heavy atom. The minimum atomic E-state index is -0.587. The van der Waals surface area contributed by atoms with Crippen molar-refractivity contribution >= 4 is 45.1 Å². The van der Waals surface area contributed by atoms with Crippen molar-refractivity contribution in [2.24, 2.45) is 0 Å². The Balaban J connectivity index is 1.70. The molecule has 2 aliphatic carbocycles. The number of rotatable bonds is 3. The highest BCUT2D eigenvalue weighted by atomic mass is 16.1. The van der Waals surface area contributed by atoms with Gasteiger partial charge in [-0.2, -0.15) is 10.5 Å². The van der Waals surface area contributed by atoms with E-state index in [2.05, 4.69) is 0 Å². The van der Waals surface area contributed by atoms with Gasteiger partial charge in [0.25, 0.3) is 0 Å². The van der Waals surface area contributed by atoms with Crippen molar-refractivity contribution in [1.29, 1.82) is 10.5 Å². The maximum absolute atomic E-state index is 14.3. The van der Waals surface area contributed by atoms with Crippen LogP contribution in [-0.4, -0.2) is 27.7 Å². The van der Waals surface area contributed by atoms with Crippen molar-refractivity contribution in [3.8, 4) is 17.8 Å². The van der Waals surface area contributed by atoms with Gasteiger partial charge >= 0.3 is 0 Å². The van der Waals surface area contributed by atoms with Gasteiger partial charge in [0.15, 0.2) is 11.6 Å². The summed E-state index contributed by atoms with van der Waals surface area (Å²) in [5, 5.41) is 21.6. The van der Waals surface area contributed by atoms with Crippen LogP contribution in [-0.2, 0) is 0 Å². The summed E-state index contributed by atoms with van der Waals surface area (Å²) >= 11 is 0. The van der Waals surface area contributed by atoms with E-state index in [9.17, 15) is 29.7 Å². The van der Waals surface area contributed by atoms with E-state index in [4.69, 9.17) is 0 Å². The van der Waals surface area contributed by atoms with Gasteiger partial charge in [-0.15, -0.1) is 0 Å². The Hall–Kier alpha value is -6.44. The number of hydrogen-bond donors (Lipinski definition) is 0. The zero-order chi connectivity index (χ0) is 30.7. The van der Waals surface area contributed by atoms with Crippen LogP contribution in [0.3, 0.4) is 0 Å². The van der Waals surface area contributed by atoms with Crippen LogP contribution in [0.25, 0.3) is 27.6 Å². The number of Topliss-reactive ketones (excluding diaryl/α,β-unsaturated/α-hetero) is 4. The lowest BCUT2D eigenvalue weighted by Crippen LogP contribution is -2.24. The molecule has 0 atom stereocenters. The van der Waals surface area contributed by atoms with E-state index in [1.165, 1.54) is 12.1 Å². The van der Waals surface area contributed by atoms with Crippen molar-refractivity contribution in [1.82, 2.24) is 4.57 Å². The van der Waals surface area contributed by atoms with Gasteiger partial charge < -0.3 is 4.57 Å². The Bertz CT molecular complexity index is 2200. The molecule has 0 saturated carbocycles. The minimum Gasteiger partial charge on any atom is -0.307 e. The van der Waals surface area contributed by atoms with Crippen LogP contribution >= 0.6 is 0 Å². The van der Waals surface area contributed by atoms with Crippen LogP contribution in [0.1, 0.15) is 58.4 Å². The average Bonchev–Trinajstić information content (AvgIpc) is 3.38. The molecule has 0 radical (unpaired) electrons. The predicted molar refractivity (Wildman–Crippen MR) is 163 cm³/mol. The van der Waals surface area contributed by atoms with Gasteiger partial charge in [0, 0.05) is 38.7 Å². The summed E-state index contributed by atoms with van der Waals surface area (Å²) in [6.45, 7) is 1.85. The number of allylic oxidation sites excluding steroid dienone is 4. The summed E-state index contributed by atoms with van der Waals surface area (Å²) in [4.78, 5) is 55.9. The summed E-state index contributed by atoms with van der Waals surface area (Å²) < 4.78 is 1.65. The Morgan fingerprint density at radius 3 is 1.27 bits per heavy atom. The van der Waals surface area contributed by atoms with Gasteiger partial charge in [0.2, 0.25) is 11.6 Å². The first kappa shape index (κ1) is 26.5. The fourth-order valence-corrected chi connectivity index (χ4v) is 6.21. The fraction of sp³-hybridized carbons (Fsp3) is 0.0270. The molecule has 0 bridgehead atoms. The minimum absolute atomic E-state index is 0.115. The third kappa shape index (κ3) is 3.54. The second-order valence-electron chi connectivity index (χ2n) is 10.5. The number of ketones is 4. The molecule has 206 valence electrons. The third-order valence-electron chi connectivity index (χ3n) is 8.18. The SMILES string of the molecule is Cc1ccccc1-n1c(C2=C(C#N)C(=O)c3ccccc3C2=O)c2ccccc2c1C1=C(C#N)C(=O)c2ccccc2C1=O. The highest BCUT2D eigenvalue weighted by Crippen LogP contribution is 2.44. The molecule has 0 N–H and O–H groups in total. The van der Waals surface area contributed by atoms with Gasteiger partial charge in [-0.25, -0.2) is 0 Å². The first-order valence-corrected chi connectivity index (χ1v) is 13.7. The van der Waals surface area contributed by atoms with Crippen molar-refractivity contribution in [3.05, 3.63) is 147 Å². The number of fused-ring (bicyclic) bond motifs is 3. The molecule has 7 nitrogen and oxygen atoms in total. The van der Waals surface area contributed by atoms with Gasteiger partial charge in [-0.3, -0.25) is 19.2 Å². The molecule has 7 rings (SSSR count). The molecule has 44 heavy (non-hydrogen) atoms. The molecule has 0 spiro atoms. The fourth-order valence-electron chi connectivity index (χ4n) is 6.21. The first-order chi connectivity index (χ1) is 21.4. The number of nitriles is 2. The zero-order valence-corrected chi connectivity index (χ0v) is 23.2. The number of para-hydroxylation sites is 1. The number of nitrogens with zero attached hydrogens (tertiary/aromatic N) is 3. The monoisotopic (exact) mass is 569 g/mol. The lowest BCUT2D eigenvalue weighted by atomic mass is 9.82. The van der Waals surface area contributed by atoms with Crippen molar-refractivity contribution in [3.63, 3.8) is 0 Å². The van der Waals surface area contributed by atoms with Crippen LogP contribution in [0, 0.1) is 29.6 Å². The maximum atomic E-state index is 14.3. The lowest BCUT2D eigenvalue weighted by Gasteiger charge is -2.23. The van der Waals surface area contributed by atoms with Crippen LogP contribution < -0.4 is 0 Å². The topological polar surface area (TPSA) is 121 Å². The van der Waals surface area contributed by atoms with Crippen LogP contribution in [0.15, 0.2) is 108 Å². The zero-order valence-electron chi connectivity index (χ0n) is 23.2. The summed E-state index contributed by atoms with van der Waals surface area (Å²) in [6.07, 6.45) is 0. The molecule has 0 amide bonds. The molecule has 0 aliphatic heterocycles. The summed E-state index contributed by atoms with van der Waals surface area (Å²) in [6, 6.07) is 30.9. The molecule has 5 aromatic rings. The quantitative estimate of drug-likeness (QED) is 0.240. The average molecular weight is 570 g/mol. The highest BCUT2D eigenvalue weighted by molar-refractivity contribution is 6.45. The molecular weight excluding hydrogens is 550 g/mol. The molecule has 0 saturated heterocycles. The maximum Gasteiger partial charge on any atom is 0.205 e. The lowest BCUT2D eigenvalue weighted by molar-refractivity contribution is 0.0995. The number of benzene rings is 4. The number of carbonyl (C=O) groups excluding carboxylic acids is 4. The number of aromatic nitrogens is 1. The predicted octanol–water partition coefficient (Wildman–Crippen LogP) is 6.65. The first-order valence-electron chi connectivity index (χ1n) is 13.7. The molecule has 2 aliphatic rings. The molecule has 4 aromatic carbocycles. The van der Waals surface area contributed by atoms with Crippen molar-refractivity contribution < 1.29 is 19.2 Å². The van der Waals surface area contributed by atoms with Crippen molar-refractivity contribution in [2.45, 2.75) is 6.92 Å². The smallest absolute Gasteiger partial charge is 0.205 e. The van der Waals surface area contributed by atoms with E-state index in [1.54, 1.807) is 77.4 Å². The summed E-state index contributed by atoms with van der Waals surface area (Å²) in [7, 11) is 0. The number of hydrogen-bond acceptors (Lipinski definition) is 6. The Kier molecular flexibility index (Phi) is 5.91. The number of aryl methyl sites for hydroxylation is 1. The van der Waals surface area contributed by atoms with E-state index in [-0.39, 0.29) is 55.9 Å². The summed E-state index contributed by atoms with van der Waals surface area (Å²) in [5.41, 5.74) is 1.43. The van der Waals surface area contributed by atoms with E-state index in [0.717, 1.165) is 5.56 Å². The standard InChI is InChI=1S/C37H19N3O4/c1-20-10-2-9-17-29(20)40-32(30-27(18-38)34(41)23-13-5-7-15-25(23)36(30)43)21-11-3-4-12-22(21)33(40)31-28(19-39)35(42)24-14-6-8-16-26(24)37(31)44/h2-17H,1H3. The van der Waals surface area contributed by atoms with Gasteiger partial charge in [-0.1, -0.05) is 91.0 Å². The van der Waals surface area contributed by atoms with Crippen LogP contribution in [0.2, 0.25) is 0 Å². The highest BCUT2D eigenvalue weighted by Gasteiger charge is 2.40. The second kappa shape index (κ2) is 9.84. The van der Waals surface area contributed by atoms with Crippen LogP contribution in [0.4, 0.5) is 0 Å². The largest absolute Gasteiger partial charge is 0.307 e. The van der Waals surface area contributed by atoms with Gasteiger partial charge in [0.05, 0.1) is 22.5 Å². The Morgan fingerprint density at radius 2 is 0.864 bits per heavy atom. The molecule has 1 aromatic heterocycles. The molecule has 7 heteroatoms. The number of carbonyl (C=O) groups is 4. The van der Waals surface area contributed by atoms with E-state index < -0.39 is 23.1 Å². The third-order valence-corrected chi connectivity index (χ3v) is 8.18. The normalized spacial score (nSPS) is 14.4. The molecule has 0 fully saturated rings. The van der Waals surface area contributed by atoms with Crippen LogP contribution in [0.5, 0.6) is 0 Å². The Labute approximate surface area is 251 Å². The van der Waals surface area contributed by atoms with Gasteiger partial charge in [0.1, 0.15) is 23.3 Å². The van der Waals surface area contributed by atoms with E-state index in [1.807, 2.05) is 31.2 Å². The van der Waals surface area contributed by atoms with E-state index in [0.29, 0.717) is 16.5 Å². The molecular formula is C37H19N3O4. The molecule has 1 heterocycles. The summed E-state index contributed by atoms with van der Waals surface area (Å²) in [5.74, 6) is -2.22. The van der Waals surface area contributed by atoms with Gasteiger partial charge in [-0.05, 0) is 18.6 Å². The second-order valence-corrected chi connectivity index (χ2v) is 10.5. The van der Waals surface area contributed by atoms with E-state index >= 15 is 0 Å².